The number of rotatable bonds is 4. The van der Waals surface area contributed by atoms with E-state index in [4.69, 9.17) is 5.73 Å². The van der Waals surface area contributed by atoms with Gasteiger partial charge in [-0.25, -0.2) is 0 Å². The van der Waals surface area contributed by atoms with Gasteiger partial charge in [-0.1, -0.05) is 20.8 Å². The lowest BCUT2D eigenvalue weighted by atomic mass is 9.96. The van der Waals surface area contributed by atoms with E-state index >= 15 is 0 Å². The number of carbonyl (C=O) groups excluding carboxylic acids is 2. The first kappa shape index (κ1) is 16.0. The van der Waals surface area contributed by atoms with Crippen LogP contribution in [0.2, 0.25) is 0 Å². The van der Waals surface area contributed by atoms with Crippen molar-refractivity contribution >= 4 is 28.2 Å². The van der Waals surface area contributed by atoms with Crippen molar-refractivity contribution in [3.05, 3.63) is 21.1 Å². The minimum absolute atomic E-state index is 0.0186. The van der Waals surface area contributed by atoms with Gasteiger partial charge < -0.3 is 10.3 Å². The van der Waals surface area contributed by atoms with Crippen molar-refractivity contribution in [1.82, 2.24) is 4.57 Å². The van der Waals surface area contributed by atoms with Crippen molar-refractivity contribution in [2.75, 3.05) is 0 Å². The number of thiazole rings is 1. The fourth-order valence-corrected chi connectivity index (χ4v) is 2.02. The number of nitrogens with zero attached hydrogens (tertiary/aromatic N) is 3. The lowest BCUT2D eigenvalue weighted by molar-refractivity contribution is -0.380. The number of carbonyl (C=O) groups is 2. The van der Waals surface area contributed by atoms with Gasteiger partial charge in [-0.3, -0.25) is 19.7 Å². The zero-order chi connectivity index (χ0) is 15.5. The minimum atomic E-state index is -0.680. The van der Waals surface area contributed by atoms with Crippen molar-refractivity contribution in [2.45, 2.75) is 33.7 Å². The van der Waals surface area contributed by atoms with Gasteiger partial charge in [0.2, 0.25) is 5.91 Å². The van der Waals surface area contributed by atoms with Crippen LogP contribution in [0, 0.1) is 15.5 Å². The number of hydrogen-bond donors (Lipinski definition) is 1. The van der Waals surface area contributed by atoms with E-state index < -0.39 is 16.2 Å². The molecule has 0 spiro atoms. The van der Waals surface area contributed by atoms with Gasteiger partial charge in [-0.05, 0) is 11.3 Å². The normalized spacial score (nSPS) is 12.4. The molecule has 1 aromatic rings. The highest BCUT2D eigenvalue weighted by atomic mass is 32.1. The largest absolute Gasteiger partial charge is 0.370 e. The van der Waals surface area contributed by atoms with Crippen molar-refractivity contribution in [3.8, 4) is 0 Å². The van der Waals surface area contributed by atoms with Gasteiger partial charge in [-0.2, -0.15) is 4.99 Å². The SMILES string of the molecule is CC(C)(C)C(=O)N=c1sc([N+](=O)[O-])cn1CCC(N)=O. The van der Waals surface area contributed by atoms with Gasteiger partial charge in [0.1, 0.15) is 0 Å². The molecule has 0 aliphatic rings. The van der Waals surface area contributed by atoms with Crippen LogP contribution < -0.4 is 10.5 Å². The summed E-state index contributed by atoms with van der Waals surface area (Å²) in [5, 5.41) is 10.6. The van der Waals surface area contributed by atoms with Crippen molar-refractivity contribution in [3.63, 3.8) is 0 Å². The van der Waals surface area contributed by atoms with Crippen LogP contribution in [-0.2, 0) is 16.1 Å². The first-order chi connectivity index (χ1) is 9.11. The number of aryl methyl sites for hydroxylation is 1. The third-order valence-electron chi connectivity index (χ3n) is 2.33. The number of nitro groups is 1. The molecule has 9 heteroatoms. The van der Waals surface area contributed by atoms with Gasteiger partial charge in [0.05, 0.1) is 11.1 Å². The molecule has 1 rings (SSSR count). The van der Waals surface area contributed by atoms with E-state index in [1.807, 2.05) is 0 Å². The quantitative estimate of drug-likeness (QED) is 0.653. The Bertz CT molecular complexity index is 609. The molecule has 0 bridgehead atoms. The first-order valence-corrected chi connectivity index (χ1v) is 6.65. The molecule has 0 saturated carbocycles. The van der Waals surface area contributed by atoms with E-state index in [0.717, 1.165) is 11.3 Å². The number of amides is 2. The van der Waals surface area contributed by atoms with Gasteiger partial charge >= 0.3 is 5.00 Å². The average molecular weight is 300 g/mol. The summed E-state index contributed by atoms with van der Waals surface area (Å²) in [5.74, 6) is -0.915. The van der Waals surface area contributed by atoms with Gasteiger partial charge in [0.25, 0.3) is 5.91 Å². The summed E-state index contributed by atoms with van der Waals surface area (Å²) in [6.07, 6.45) is 1.27. The Labute approximate surface area is 119 Å². The molecule has 0 aliphatic heterocycles. The Morgan fingerprint density at radius 1 is 1.50 bits per heavy atom. The van der Waals surface area contributed by atoms with Crippen LogP contribution in [0.1, 0.15) is 27.2 Å². The van der Waals surface area contributed by atoms with Crippen LogP contribution in [-0.4, -0.2) is 21.3 Å². The maximum atomic E-state index is 11.9. The Kier molecular flexibility index (Phi) is 4.77. The second-order valence-corrected chi connectivity index (χ2v) is 6.17. The van der Waals surface area contributed by atoms with Crippen LogP contribution >= 0.6 is 11.3 Å². The number of nitrogens with two attached hydrogens (primary N) is 1. The molecular weight excluding hydrogens is 284 g/mol. The molecule has 0 radical (unpaired) electrons. The second kappa shape index (κ2) is 5.95. The van der Waals surface area contributed by atoms with E-state index in [1.54, 1.807) is 20.8 Å². The maximum Gasteiger partial charge on any atom is 0.343 e. The Balaban J connectivity index is 3.22. The van der Waals surface area contributed by atoms with E-state index in [2.05, 4.69) is 4.99 Å². The molecular formula is C11H16N4O4S. The van der Waals surface area contributed by atoms with Crippen LogP contribution in [0.3, 0.4) is 0 Å². The topological polar surface area (TPSA) is 121 Å². The molecule has 0 unspecified atom stereocenters. The predicted octanol–water partition coefficient (Wildman–Crippen LogP) is 0.807. The fraction of sp³-hybridized carbons (Fsp3) is 0.545. The van der Waals surface area contributed by atoms with E-state index in [9.17, 15) is 19.7 Å². The third kappa shape index (κ3) is 4.26. The molecule has 2 N–H and O–H groups in total. The maximum absolute atomic E-state index is 11.9. The summed E-state index contributed by atoms with van der Waals surface area (Å²) < 4.78 is 1.40. The Hall–Kier alpha value is -2.03. The summed E-state index contributed by atoms with van der Waals surface area (Å²) in [6, 6.07) is 0. The second-order valence-electron chi connectivity index (χ2n) is 5.19. The standard InChI is InChI=1S/C11H16N4O4S/c1-11(2,3)9(17)13-10-14(5-4-7(12)16)6-8(20-10)15(18)19/h6H,4-5H2,1-3H3,(H2,12,16). The average Bonchev–Trinajstić information content (AvgIpc) is 2.68. The zero-order valence-corrected chi connectivity index (χ0v) is 12.3. The van der Waals surface area contributed by atoms with Gasteiger partial charge in [0, 0.05) is 18.4 Å². The van der Waals surface area contributed by atoms with E-state index in [1.165, 1.54) is 10.8 Å². The molecule has 110 valence electrons. The molecule has 0 atom stereocenters. The summed E-state index contributed by atoms with van der Waals surface area (Å²) in [5.41, 5.74) is 4.37. The summed E-state index contributed by atoms with van der Waals surface area (Å²) in [6.45, 7) is 5.26. The summed E-state index contributed by atoms with van der Waals surface area (Å²) in [4.78, 5) is 37.0. The van der Waals surface area contributed by atoms with Crippen molar-refractivity contribution in [2.24, 2.45) is 16.1 Å². The van der Waals surface area contributed by atoms with Crippen LogP contribution in [0.5, 0.6) is 0 Å². The number of hydrogen-bond acceptors (Lipinski definition) is 5. The number of primary amides is 1. The zero-order valence-electron chi connectivity index (χ0n) is 11.5. The summed E-state index contributed by atoms with van der Waals surface area (Å²) in [7, 11) is 0. The monoisotopic (exact) mass is 300 g/mol. The molecule has 0 aromatic carbocycles. The lowest BCUT2D eigenvalue weighted by Crippen LogP contribution is -2.24. The highest BCUT2D eigenvalue weighted by Gasteiger charge is 2.22. The lowest BCUT2D eigenvalue weighted by Gasteiger charge is -2.11. The first-order valence-electron chi connectivity index (χ1n) is 5.83. The van der Waals surface area contributed by atoms with Crippen LogP contribution in [0.15, 0.2) is 11.2 Å². The Morgan fingerprint density at radius 2 is 2.10 bits per heavy atom. The van der Waals surface area contributed by atoms with Crippen LogP contribution in [0.4, 0.5) is 5.00 Å². The molecule has 8 nitrogen and oxygen atoms in total. The smallest absolute Gasteiger partial charge is 0.343 e. The fourth-order valence-electron chi connectivity index (χ4n) is 1.18. The van der Waals surface area contributed by atoms with E-state index in [0.29, 0.717) is 0 Å². The van der Waals surface area contributed by atoms with Crippen molar-refractivity contribution in [1.29, 1.82) is 0 Å². The van der Waals surface area contributed by atoms with Crippen molar-refractivity contribution < 1.29 is 14.5 Å². The van der Waals surface area contributed by atoms with E-state index in [-0.39, 0.29) is 28.7 Å². The van der Waals surface area contributed by atoms with Crippen LogP contribution in [0.25, 0.3) is 0 Å². The van der Waals surface area contributed by atoms with Gasteiger partial charge in [0.15, 0.2) is 4.80 Å². The summed E-state index contributed by atoms with van der Waals surface area (Å²) >= 11 is 0.788. The Morgan fingerprint density at radius 3 is 2.55 bits per heavy atom. The highest BCUT2D eigenvalue weighted by Crippen LogP contribution is 2.17. The molecule has 0 aliphatic carbocycles. The molecule has 2 amide bonds. The minimum Gasteiger partial charge on any atom is -0.370 e. The molecule has 20 heavy (non-hydrogen) atoms. The molecule has 1 heterocycles. The number of aromatic nitrogens is 1. The highest BCUT2D eigenvalue weighted by molar-refractivity contribution is 7.12. The molecule has 0 saturated heterocycles. The van der Waals surface area contributed by atoms with Gasteiger partial charge in [-0.15, -0.1) is 0 Å². The molecule has 1 aromatic heterocycles. The molecule has 0 fully saturated rings. The predicted molar refractivity (Wildman–Crippen MR) is 72.8 cm³/mol. The third-order valence-corrected chi connectivity index (χ3v) is 3.30.